The predicted molar refractivity (Wildman–Crippen MR) is 115 cm³/mol. The van der Waals surface area contributed by atoms with Crippen LogP contribution < -0.4 is 5.32 Å². The lowest BCUT2D eigenvalue weighted by atomic mass is 10.0. The molecule has 0 fully saturated rings. The molecule has 0 radical (unpaired) electrons. The van der Waals surface area contributed by atoms with Gasteiger partial charge < -0.3 is 14.8 Å². The molecule has 1 unspecified atom stereocenters. The molecule has 3 aromatic rings. The summed E-state index contributed by atoms with van der Waals surface area (Å²) in [5.74, 6) is -0.0606. The van der Waals surface area contributed by atoms with Gasteiger partial charge in [-0.05, 0) is 23.8 Å². The van der Waals surface area contributed by atoms with Crippen molar-refractivity contribution in [3.05, 3.63) is 53.6 Å². The first-order chi connectivity index (χ1) is 14.2. The van der Waals surface area contributed by atoms with Crippen LogP contribution in [0.25, 0.3) is 10.2 Å². The van der Waals surface area contributed by atoms with Crippen LogP contribution in [0.1, 0.15) is 28.3 Å². The number of ketones is 1. The molecule has 0 spiro atoms. The van der Waals surface area contributed by atoms with Crippen LogP contribution in [0.5, 0.6) is 0 Å². The number of carbonyl (C=O) groups is 2. The number of carbonyl (C=O) groups excluding carboxylic acids is 2. The van der Waals surface area contributed by atoms with Crippen molar-refractivity contribution in [3.8, 4) is 0 Å². The number of nitrogens with one attached hydrogen (secondary N) is 1. The molecule has 1 heterocycles. The Morgan fingerprint density at radius 1 is 1.28 bits per heavy atom. The summed E-state index contributed by atoms with van der Waals surface area (Å²) in [6.45, 7) is 1.12. The summed E-state index contributed by atoms with van der Waals surface area (Å²) >= 11 is 3.09. The van der Waals surface area contributed by atoms with E-state index in [1.54, 1.807) is 24.5 Å². The molecular formula is C21H20N2O4S2. The van der Waals surface area contributed by atoms with Gasteiger partial charge in [0.05, 0.1) is 35.3 Å². The average Bonchev–Trinajstić information content (AvgIpc) is 3.28. The maximum atomic E-state index is 12.8. The zero-order valence-corrected chi connectivity index (χ0v) is 17.5. The first kappa shape index (κ1) is 20.0. The number of nitrogens with zero attached hydrogens (tertiary/aromatic N) is 1. The van der Waals surface area contributed by atoms with Crippen molar-refractivity contribution < 1.29 is 19.1 Å². The maximum Gasteiger partial charge on any atom is 0.232 e. The highest BCUT2D eigenvalue weighted by Crippen LogP contribution is 2.35. The second-order valence-electron chi connectivity index (χ2n) is 6.58. The van der Waals surface area contributed by atoms with Crippen LogP contribution in [0.2, 0.25) is 0 Å². The number of benzene rings is 2. The summed E-state index contributed by atoms with van der Waals surface area (Å²) in [5, 5.41) is 2.96. The number of methoxy groups -OCH3 is 1. The van der Waals surface area contributed by atoms with Gasteiger partial charge >= 0.3 is 0 Å². The zero-order chi connectivity index (χ0) is 20.2. The minimum Gasteiger partial charge on any atom is -0.382 e. The lowest BCUT2D eigenvalue weighted by Crippen LogP contribution is -2.19. The molecule has 150 valence electrons. The van der Waals surface area contributed by atoms with Gasteiger partial charge in [-0.15, -0.1) is 11.3 Å². The van der Waals surface area contributed by atoms with E-state index in [0.29, 0.717) is 30.4 Å². The molecular weight excluding hydrogens is 408 g/mol. The van der Waals surface area contributed by atoms with Crippen LogP contribution in [0.4, 0.5) is 5.69 Å². The Kier molecular flexibility index (Phi) is 6.25. The monoisotopic (exact) mass is 428 g/mol. The number of anilines is 1. The molecule has 1 N–H and O–H groups in total. The van der Waals surface area contributed by atoms with E-state index in [2.05, 4.69) is 10.3 Å². The van der Waals surface area contributed by atoms with Crippen molar-refractivity contribution in [2.45, 2.75) is 16.7 Å². The third-order valence-corrected chi connectivity index (χ3v) is 6.72. The van der Waals surface area contributed by atoms with Gasteiger partial charge in [-0.1, -0.05) is 36.0 Å². The molecule has 4 rings (SSSR count). The normalized spacial score (nSPS) is 15.6. The maximum absolute atomic E-state index is 12.8. The molecule has 1 amide bonds. The number of aromatic nitrogens is 1. The minimum atomic E-state index is -0.439. The Balaban J connectivity index is 1.42. The SMILES string of the molecule is COCCOCSc1nc2ccc(NC(=O)C3CC(=O)c4ccccc43)cc2s1. The lowest BCUT2D eigenvalue weighted by molar-refractivity contribution is -0.117. The van der Waals surface area contributed by atoms with E-state index in [1.165, 1.54) is 11.8 Å². The molecule has 0 bridgehead atoms. The molecule has 0 aliphatic heterocycles. The Labute approximate surface area is 176 Å². The van der Waals surface area contributed by atoms with Gasteiger partial charge in [0.25, 0.3) is 0 Å². The van der Waals surface area contributed by atoms with Crippen molar-refractivity contribution in [2.75, 3.05) is 31.6 Å². The highest BCUT2D eigenvalue weighted by molar-refractivity contribution is 8.01. The van der Waals surface area contributed by atoms with Gasteiger partial charge in [-0.3, -0.25) is 9.59 Å². The fourth-order valence-electron chi connectivity index (χ4n) is 3.26. The Morgan fingerprint density at radius 3 is 3.00 bits per heavy atom. The number of thiazole rings is 1. The fraction of sp³-hybridized carbons (Fsp3) is 0.286. The number of thioether (sulfide) groups is 1. The third-order valence-electron chi connectivity index (χ3n) is 4.68. The van der Waals surface area contributed by atoms with Gasteiger partial charge in [0.2, 0.25) is 5.91 Å². The highest BCUT2D eigenvalue weighted by atomic mass is 32.2. The van der Waals surface area contributed by atoms with Gasteiger partial charge in [-0.25, -0.2) is 4.98 Å². The number of ether oxygens (including phenoxy) is 2. The molecule has 29 heavy (non-hydrogen) atoms. The molecule has 2 aromatic carbocycles. The molecule has 0 saturated carbocycles. The standard InChI is InChI=1S/C21H20N2O4S2/c1-26-8-9-27-12-28-21-23-17-7-6-13(10-19(17)29-21)22-20(25)16-11-18(24)15-5-3-2-4-14(15)16/h2-7,10,16H,8-9,11-12H2,1H3,(H,22,25). The van der Waals surface area contributed by atoms with Crippen LogP contribution in [0, 0.1) is 0 Å². The summed E-state index contributed by atoms with van der Waals surface area (Å²) in [5.41, 5.74) is 3.05. The van der Waals surface area contributed by atoms with Gasteiger partial charge in [-0.2, -0.15) is 0 Å². The topological polar surface area (TPSA) is 77.5 Å². The summed E-state index contributed by atoms with van der Waals surface area (Å²) in [6.07, 6.45) is 0.220. The van der Waals surface area contributed by atoms with Crippen LogP contribution in [-0.2, 0) is 14.3 Å². The molecule has 8 heteroatoms. The van der Waals surface area contributed by atoms with E-state index in [0.717, 1.165) is 20.1 Å². The number of hydrogen-bond donors (Lipinski definition) is 1. The second kappa shape index (κ2) is 9.04. The lowest BCUT2D eigenvalue weighted by Gasteiger charge is -2.11. The van der Waals surface area contributed by atoms with Crippen LogP contribution >= 0.6 is 23.1 Å². The number of fused-ring (bicyclic) bond motifs is 2. The molecule has 1 atom stereocenters. The summed E-state index contributed by atoms with van der Waals surface area (Å²) in [6, 6.07) is 13.0. The number of rotatable bonds is 8. The van der Waals surface area contributed by atoms with E-state index < -0.39 is 5.92 Å². The van der Waals surface area contributed by atoms with Crippen molar-refractivity contribution in [1.82, 2.24) is 4.98 Å². The smallest absolute Gasteiger partial charge is 0.232 e. The van der Waals surface area contributed by atoms with Crippen LogP contribution in [0.15, 0.2) is 46.8 Å². The number of hydrogen-bond acceptors (Lipinski definition) is 7. The van der Waals surface area contributed by atoms with Crippen LogP contribution in [-0.4, -0.2) is 42.9 Å². The minimum absolute atomic E-state index is 0.0213. The van der Waals surface area contributed by atoms with Crippen molar-refractivity contribution in [1.29, 1.82) is 0 Å². The van der Waals surface area contributed by atoms with Crippen molar-refractivity contribution >= 4 is 50.7 Å². The zero-order valence-electron chi connectivity index (χ0n) is 15.8. The highest BCUT2D eigenvalue weighted by Gasteiger charge is 2.33. The molecule has 1 aromatic heterocycles. The predicted octanol–water partition coefficient (Wildman–Crippen LogP) is 4.32. The van der Waals surface area contributed by atoms with Gasteiger partial charge in [0.1, 0.15) is 0 Å². The molecule has 0 saturated heterocycles. The molecule has 1 aliphatic rings. The van der Waals surface area contributed by atoms with E-state index in [9.17, 15) is 9.59 Å². The van der Waals surface area contributed by atoms with Crippen molar-refractivity contribution in [3.63, 3.8) is 0 Å². The third kappa shape index (κ3) is 4.51. The first-order valence-electron chi connectivity index (χ1n) is 9.19. The Bertz CT molecular complexity index is 1050. The molecule has 1 aliphatic carbocycles. The van der Waals surface area contributed by atoms with E-state index in [4.69, 9.17) is 9.47 Å². The van der Waals surface area contributed by atoms with Gasteiger partial charge in [0, 0.05) is 24.8 Å². The van der Waals surface area contributed by atoms with E-state index >= 15 is 0 Å². The fourth-order valence-corrected chi connectivity index (χ4v) is 5.11. The summed E-state index contributed by atoms with van der Waals surface area (Å²) < 4.78 is 12.3. The first-order valence-corrected chi connectivity index (χ1v) is 11.0. The quantitative estimate of drug-likeness (QED) is 0.327. The number of Topliss-reactive ketones (excluding diaryl/α,β-unsaturated/α-hetero) is 1. The summed E-state index contributed by atoms with van der Waals surface area (Å²) in [4.78, 5) is 29.5. The van der Waals surface area contributed by atoms with E-state index in [1.807, 2.05) is 36.4 Å². The molecule has 6 nitrogen and oxygen atoms in total. The number of amides is 1. The second-order valence-corrected chi connectivity index (χ2v) is 8.78. The van der Waals surface area contributed by atoms with Crippen molar-refractivity contribution in [2.24, 2.45) is 0 Å². The van der Waals surface area contributed by atoms with E-state index in [-0.39, 0.29) is 18.1 Å². The Morgan fingerprint density at radius 2 is 2.14 bits per heavy atom. The average molecular weight is 429 g/mol. The summed E-state index contributed by atoms with van der Waals surface area (Å²) in [7, 11) is 1.64. The van der Waals surface area contributed by atoms with Crippen LogP contribution in [0.3, 0.4) is 0 Å². The Hall–Kier alpha value is -2.26. The van der Waals surface area contributed by atoms with Gasteiger partial charge in [0.15, 0.2) is 10.1 Å². The largest absolute Gasteiger partial charge is 0.382 e.